The van der Waals surface area contributed by atoms with E-state index in [2.05, 4.69) is 15.6 Å². The maximum absolute atomic E-state index is 14.8. The fourth-order valence-electron chi connectivity index (χ4n) is 4.82. The van der Waals surface area contributed by atoms with Gasteiger partial charge in [-0.2, -0.15) is 0 Å². The second-order valence-electron chi connectivity index (χ2n) is 9.84. The Balaban J connectivity index is 1.39. The number of halogens is 3. The zero-order chi connectivity index (χ0) is 28.5. The molecule has 1 saturated heterocycles. The first-order chi connectivity index (χ1) is 19.3. The van der Waals surface area contributed by atoms with Crippen molar-refractivity contribution < 1.29 is 32.2 Å². The number of hydrogen-bond donors (Lipinski definition) is 2. The summed E-state index contributed by atoms with van der Waals surface area (Å²) in [6, 6.07) is 11.6. The number of benzene rings is 2. The van der Waals surface area contributed by atoms with Crippen LogP contribution in [0.25, 0.3) is 0 Å². The lowest BCUT2D eigenvalue weighted by Crippen LogP contribution is -2.31. The van der Waals surface area contributed by atoms with Crippen molar-refractivity contribution in [2.75, 3.05) is 25.6 Å². The van der Waals surface area contributed by atoms with Crippen LogP contribution >= 0.6 is 0 Å². The highest BCUT2D eigenvalue weighted by Gasteiger charge is 2.24. The van der Waals surface area contributed by atoms with Gasteiger partial charge in [0.25, 0.3) is 0 Å². The molecule has 7 nitrogen and oxygen atoms in total. The summed E-state index contributed by atoms with van der Waals surface area (Å²) in [7, 11) is 1.50. The van der Waals surface area contributed by atoms with E-state index >= 15 is 0 Å². The molecule has 4 rings (SSSR count). The second kappa shape index (κ2) is 13.9. The molecule has 0 saturated carbocycles. The highest BCUT2D eigenvalue weighted by Crippen LogP contribution is 2.30. The van der Waals surface area contributed by atoms with Crippen molar-refractivity contribution in [3.8, 4) is 0 Å². The van der Waals surface area contributed by atoms with Crippen molar-refractivity contribution in [3.63, 3.8) is 0 Å². The molecule has 212 valence electrons. The quantitative estimate of drug-likeness (QED) is 0.333. The Bertz CT molecular complexity index is 1230. The minimum Gasteiger partial charge on any atom is -0.449 e. The van der Waals surface area contributed by atoms with Gasteiger partial charge >= 0.3 is 6.09 Å². The van der Waals surface area contributed by atoms with Crippen LogP contribution in [-0.4, -0.2) is 43.3 Å². The molecule has 1 fully saturated rings. The standard InChI is InChI=1S/C30H32F3N3O4/c1-34-30(38)40-18-19-2-11-24(39-17-19)12-13-25-27(33)15-35-16-28(25)36-29(37)14-26(20-3-7-22(31)8-4-20)21-5-9-23(32)10-6-21/h3-10,15-16,19,24,26H,2,11-14,17-18H2,1H3,(H,34,38)(H,36,37)/t19-,24-/m0/s1. The highest BCUT2D eigenvalue weighted by molar-refractivity contribution is 5.92. The molecule has 3 aromatic rings. The smallest absolute Gasteiger partial charge is 0.406 e. The van der Waals surface area contributed by atoms with Crippen LogP contribution in [-0.2, 0) is 20.7 Å². The lowest BCUT2D eigenvalue weighted by atomic mass is 9.88. The van der Waals surface area contributed by atoms with Gasteiger partial charge < -0.3 is 20.1 Å². The third kappa shape index (κ3) is 8.05. The molecule has 1 aromatic heterocycles. The number of nitrogens with zero attached hydrogens (tertiary/aromatic N) is 1. The van der Waals surface area contributed by atoms with Crippen LogP contribution in [0.4, 0.5) is 23.7 Å². The van der Waals surface area contributed by atoms with Gasteiger partial charge in [0.2, 0.25) is 5.91 Å². The van der Waals surface area contributed by atoms with E-state index in [9.17, 15) is 22.8 Å². The number of rotatable bonds is 10. The van der Waals surface area contributed by atoms with E-state index in [1.165, 1.54) is 37.5 Å². The molecular formula is C30H32F3N3O4. The summed E-state index contributed by atoms with van der Waals surface area (Å²) in [5, 5.41) is 5.19. The third-order valence-electron chi connectivity index (χ3n) is 7.05. The van der Waals surface area contributed by atoms with Gasteiger partial charge in [0, 0.05) is 30.9 Å². The zero-order valence-electron chi connectivity index (χ0n) is 22.2. The minimum atomic E-state index is -0.529. The summed E-state index contributed by atoms with van der Waals surface area (Å²) in [6.45, 7) is 0.719. The number of pyridine rings is 1. The second-order valence-corrected chi connectivity index (χ2v) is 9.84. The molecule has 0 unspecified atom stereocenters. The first-order valence-electron chi connectivity index (χ1n) is 13.2. The molecule has 2 N–H and O–H groups in total. The fraction of sp³-hybridized carbons (Fsp3) is 0.367. The predicted molar refractivity (Wildman–Crippen MR) is 143 cm³/mol. The number of amides is 2. The van der Waals surface area contributed by atoms with E-state index < -0.39 is 29.5 Å². The number of nitrogens with one attached hydrogen (secondary N) is 2. The maximum atomic E-state index is 14.8. The van der Waals surface area contributed by atoms with E-state index in [4.69, 9.17) is 9.47 Å². The van der Waals surface area contributed by atoms with Crippen LogP contribution in [0.3, 0.4) is 0 Å². The molecule has 0 spiro atoms. The van der Waals surface area contributed by atoms with Gasteiger partial charge in [-0.25, -0.2) is 18.0 Å². The number of ether oxygens (including phenoxy) is 2. The summed E-state index contributed by atoms with van der Waals surface area (Å²) in [5.74, 6) is -2.09. The third-order valence-corrected chi connectivity index (χ3v) is 7.05. The molecule has 0 aliphatic carbocycles. The number of aromatic nitrogens is 1. The number of carbonyl (C=O) groups excluding carboxylic acids is 2. The van der Waals surface area contributed by atoms with Gasteiger partial charge in [0.1, 0.15) is 17.5 Å². The largest absolute Gasteiger partial charge is 0.449 e. The number of carbonyl (C=O) groups is 2. The molecule has 2 amide bonds. The highest BCUT2D eigenvalue weighted by atomic mass is 19.1. The van der Waals surface area contributed by atoms with Crippen molar-refractivity contribution in [1.29, 1.82) is 0 Å². The van der Waals surface area contributed by atoms with Gasteiger partial charge in [0.05, 0.1) is 37.4 Å². The van der Waals surface area contributed by atoms with Gasteiger partial charge in [0.15, 0.2) is 0 Å². The van der Waals surface area contributed by atoms with E-state index in [0.717, 1.165) is 19.0 Å². The molecule has 0 bridgehead atoms. The zero-order valence-corrected chi connectivity index (χ0v) is 22.2. The van der Waals surface area contributed by atoms with E-state index in [1.807, 2.05) is 0 Å². The summed E-state index contributed by atoms with van der Waals surface area (Å²) in [5.41, 5.74) is 1.98. The Morgan fingerprint density at radius 1 is 1.00 bits per heavy atom. The average Bonchev–Trinajstić information content (AvgIpc) is 2.96. The van der Waals surface area contributed by atoms with Crippen molar-refractivity contribution in [2.45, 2.75) is 44.1 Å². The molecular weight excluding hydrogens is 523 g/mol. The molecule has 40 heavy (non-hydrogen) atoms. The summed E-state index contributed by atoms with van der Waals surface area (Å²) < 4.78 is 52.9. The summed E-state index contributed by atoms with van der Waals surface area (Å²) in [4.78, 5) is 28.3. The van der Waals surface area contributed by atoms with Gasteiger partial charge in [-0.1, -0.05) is 24.3 Å². The van der Waals surface area contributed by atoms with Gasteiger partial charge in [-0.05, 0) is 61.1 Å². The Morgan fingerprint density at radius 3 is 2.23 bits per heavy atom. The SMILES string of the molecule is CNC(=O)OC[C@H]1CC[C@@H](CCc2c(F)cncc2NC(=O)CC(c2ccc(F)cc2)c2ccc(F)cc2)OC1. The molecule has 1 aliphatic heterocycles. The Hall–Kier alpha value is -3.92. The van der Waals surface area contributed by atoms with E-state index in [-0.39, 0.29) is 36.6 Å². The van der Waals surface area contributed by atoms with E-state index in [1.54, 1.807) is 24.3 Å². The monoisotopic (exact) mass is 555 g/mol. The van der Waals surface area contributed by atoms with Crippen molar-refractivity contribution >= 4 is 17.7 Å². The molecule has 2 atom stereocenters. The van der Waals surface area contributed by atoms with E-state index in [0.29, 0.717) is 36.1 Å². The Morgan fingerprint density at radius 2 is 1.65 bits per heavy atom. The number of alkyl carbamates (subject to hydrolysis) is 1. The van der Waals surface area contributed by atoms with Crippen LogP contribution in [0.15, 0.2) is 60.9 Å². The summed E-state index contributed by atoms with van der Waals surface area (Å²) >= 11 is 0. The molecule has 0 radical (unpaired) electrons. The van der Waals surface area contributed by atoms with Gasteiger partial charge in [-0.15, -0.1) is 0 Å². The predicted octanol–water partition coefficient (Wildman–Crippen LogP) is 5.74. The normalized spacial score (nSPS) is 16.9. The van der Waals surface area contributed by atoms with Crippen molar-refractivity contribution in [2.24, 2.45) is 5.92 Å². The maximum Gasteiger partial charge on any atom is 0.406 e. The van der Waals surface area contributed by atoms with Crippen LogP contribution in [0.1, 0.15) is 48.3 Å². The molecule has 1 aliphatic rings. The molecule has 2 aromatic carbocycles. The van der Waals surface area contributed by atoms with Gasteiger partial charge in [-0.3, -0.25) is 9.78 Å². The average molecular weight is 556 g/mol. The molecule has 10 heteroatoms. The van der Waals surface area contributed by atoms with Crippen molar-refractivity contribution in [1.82, 2.24) is 10.3 Å². The van der Waals surface area contributed by atoms with Crippen LogP contribution in [0.5, 0.6) is 0 Å². The Kier molecular flexibility index (Phi) is 10.1. The van der Waals surface area contributed by atoms with Crippen molar-refractivity contribution in [3.05, 3.63) is 95.1 Å². The Labute approximate surface area is 231 Å². The number of anilines is 1. The lowest BCUT2D eigenvalue weighted by molar-refractivity contribution is -0.116. The fourth-order valence-corrected chi connectivity index (χ4v) is 4.82. The van der Waals surface area contributed by atoms with Crippen LogP contribution < -0.4 is 10.6 Å². The summed E-state index contributed by atoms with van der Waals surface area (Å²) in [6.07, 6.45) is 4.35. The number of hydrogen-bond acceptors (Lipinski definition) is 5. The minimum absolute atomic E-state index is 0.0293. The first-order valence-corrected chi connectivity index (χ1v) is 13.2. The van der Waals surface area contributed by atoms with Crippen LogP contribution in [0, 0.1) is 23.4 Å². The topological polar surface area (TPSA) is 89.5 Å². The molecule has 2 heterocycles. The van der Waals surface area contributed by atoms with Crippen LogP contribution in [0.2, 0.25) is 0 Å². The lowest BCUT2D eigenvalue weighted by Gasteiger charge is -2.29. The first kappa shape index (κ1) is 29.1.